The molecule has 3 fully saturated rings. The molecule has 0 aromatic carbocycles. The lowest BCUT2D eigenvalue weighted by Crippen LogP contribution is -2.44. The molecule has 3 rings (SSSR count). The third kappa shape index (κ3) is 10.3. The normalized spacial score (nSPS) is 34.4. The summed E-state index contributed by atoms with van der Waals surface area (Å²) in [7, 11) is 0. The number of halogens is 3. The zero-order chi connectivity index (χ0) is 26.7. The minimum atomic E-state index is -4.14. The Labute approximate surface area is 227 Å². The quantitative estimate of drug-likeness (QED) is 0.204. The van der Waals surface area contributed by atoms with Crippen LogP contribution in [0, 0.1) is 35.5 Å². The van der Waals surface area contributed by atoms with Crippen LogP contribution in [0.4, 0.5) is 13.2 Å². The van der Waals surface area contributed by atoms with Gasteiger partial charge in [-0.1, -0.05) is 84.5 Å². The van der Waals surface area contributed by atoms with Gasteiger partial charge in [-0.3, -0.25) is 0 Å². The molecule has 4 unspecified atom stereocenters. The van der Waals surface area contributed by atoms with Crippen LogP contribution in [0.2, 0.25) is 0 Å². The molecule has 3 saturated carbocycles. The van der Waals surface area contributed by atoms with Crippen molar-refractivity contribution in [3.05, 3.63) is 0 Å². The fourth-order valence-corrected chi connectivity index (χ4v) is 8.23. The number of unbranched alkanes of at least 4 members (excludes halogenated alkanes) is 6. The van der Waals surface area contributed by atoms with E-state index in [9.17, 15) is 13.2 Å². The molecule has 0 bridgehead atoms. The average Bonchev–Trinajstić information content (AvgIpc) is 2.89. The van der Waals surface area contributed by atoms with Gasteiger partial charge in [-0.05, 0) is 101 Å². The number of ether oxygens (including phenoxy) is 1. The molecular formula is C33H59F3O. The summed E-state index contributed by atoms with van der Waals surface area (Å²) in [5, 5.41) is 0. The van der Waals surface area contributed by atoms with Crippen molar-refractivity contribution in [2.24, 2.45) is 35.5 Å². The molecule has 37 heavy (non-hydrogen) atoms. The van der Waals surface area contributed by atoms with Crippen LogP contribution in [0.25, 0.3) is 0 Å². The van der Waals surface area contributed by atoms with E-state index in [4.69, 9.17) is 4.74 Å². The molecule has 0 saturated heterocycles. The summed E-state index contributed by atoms with van der Waals surface area (Å²) in [6, 6.07) is 0. The van der Waals surface area contributed by atoms with Crippen LogP contribution in [-0.4, -0.2) is 18.4 Å². The Morgan fingerprint density at radius 3 is 1.73 bits per heavy atom. The first-order valence-corrected chi connectivity index (χ1v) is 16.5. The second-order valence-corrected chi connectivity index (χ2v) is 13.4. The van der Waals surface area contributed by atoms with E-state index in [-0.39, 0.29) is 12.0 Å². The Hall–Kier alpha value is -0.250. The first-order valence-electron chi connectivity index (χ1n) is 16.5. The molecule has 0 spiro atoms. The van der Waals surface area contributed by atoms with Crippen molar-refractivity contribution in [1.82, 2.24) is 0 Å². The Morgan fingerprint density at radius 1 is 0.649 bits per heavy atom. The summed E-state index contributed by atoms with van der Waals surface area (Å²) in [5.41, 5.74) is 0. The van der Waals surface area contributed by atoms with Gasteiger partial charge in [0.15, 0.2) is 0 Å². The summed E-state index contributed by atoms with van der Waals surface area (Å²) >= 11 is 0. The van der Waals surface area contributed by atoms with Crippen LogP contribution in [0.3, 0.4) is 0 Å². The summed E-state index contributed by atoms with van der Waals surface area (Å²) in [4.78, 5) is 0. The number of alkyl halides is 3. The smallest absolute Gasteiger partial charge is 0.375 e. The predicted octanol–water partition coefficient (Wildman–Crippen LogP) is 11.3. The van der Waals surface area contributed by atoms with E-state index in [0.29, 0.717) is 18.8 Å². The Bertz CT molecular complexity index is 589. The van der Waals surface area contributed by atoms with Gasteiger partial charge >= 0.3 is 6.18 Å². The lowest BCUT2D eigenvalue weighted by atomic mass is 9.64. The van der Waals surface area contributed by atoms with Crippen molar-refractivity contribution in [2.75, 3.05) is 0 Å². The second-order valence-electron chi connectivity index (χ2n) is 13.4. The van der Waals surface area contributed by atoms with E-state index in [0.717, 1.165) is 56.3 Å². The maximum atomic E-state index is 14.1. The first kappa shape index (κ1) is 31.3. The highest BCUT2D eigenvalue weighted by Crippen LogP contribution is 2.49. The van der Waals surface area contributed by atoms with Gasteiger partial charge in [0, 0.05) is 0 Å². The largest absolute Gasteiger partial charge is 0.394 e. The van der Waals surface area contributed by atoms with E-state index in [2.05, 4.69) is 13.8 Å². The molecule has 3 aliphatic rings. The fraction of sp³-hybridized carbons (Fsp3) is 1.00. The topological polar surface area (TPSA) is 9.23 Å². The number of hydrogen-bond donors (Lipinski definition) is 0. The van der Waals surface area contributed by atoms with Crippen molar-refractivity contribution < 1.29 is 17.9 Å². The molecule has 0 N–H and O–H groups in total. The average molecular weight is 529 g/mol. The molecule has 0 aromatic heterocycles. The Morgan fingerprint density at radius 2 is 1.16 bits per heavy atom. The van der Waals surface area contributed by atoms with E-state index >= 15 is 0 Å². The van der Waals surface area contributed by atoms with Gasteiger partial charge in [-0.25, -0.2) is 0 Å². The molecule has 1 nitrogen and oxygen atoms in total. The van der Waals surface area contributed by atoms with E-state index in [1.807, 2.05) is 6.92 Å². The molecule has 0 amide bonds. The molecule has 0 heterocycles. The maximum absolute atomic E-state index is 14.1. The van der Waals surface area contributed by atoms with E-state index < -0.39 is 18.2 Å². The van der Waals surface area contributed by atoms with E-state index in [1.54, 1.807) is 0 Å². The van der Waals surface area contributed by atoms with Gasteiger partial charge in [0.05, 0.1) is 18.1 Å². The third-order valence-corrected chi connectivity index (χ3v) is 10.6. The molecule has 4 heteroatoms. The van der Waals surface area contributed by atoms with Crippen LogP contribution in [0.1, 0.15) is 156 Å². The summed E-state index contributed by atoms with van der Waals surface area (Å²) in [6.07, 6.45) is 19.9. The lowest BCUT2D eigenvalue weighted by molar-refractivity contribution is -0.229. The maximum Gasteiger partial charge on any atom is 0.394 e. The molecule has 0 radical (unpaired) electrons. The van der Waals surface area contributed by atoms with Crippen molar-refractivity contribution in [2.45, 2.75) is 174 Å². The summed E-state index contributed by atoms with van der Waals surface area (Å²) in [6.45, 7) is 6.44. The molecule has 0 aromatic rings. The Balaban J connectivity index is 1.40. The minimum absolute atomic E-state index is 0.0647. The SMILES string of the molecule is CCCCCCC1CCC(C2CCC(C3CCC(OC(C)CCCCCC)C(C(F)(F)F)C3)CC2)CC1. The molecule has 0 aliphatic heterocycles. The monoisotopic (exact) mass is 528 g/mol. The molecule has 3 aliphatic carbocycles. The van der Waals surface area contributed by atoms with Crippen molar-refractivity contribution in [3.63, 3.8) is 0 Å². The van der Waals surface area contributed by atoms with Gasteiger partial charge in [-0.2, -0.15) is 13.2 Å². The minimum Gasteiger partial charge on any atom is -0.375 e. The zero-order valence-corrected chi connectivity index (χ0v) is 24.5. The summed E-state index contributed by atoms with van der Waals surface area (Å²) in [5.74, 6) is 2.16. The second kappa shape index (κ2) is 16.1. The standard InChI is InChI=1S/C33H59F3O/c1-4-6-8-10-12-25(3)37-32-23-22-30(24-31(32)33(34,35)36)29-20-18-28(19-21-29)27-16-14-26(15-17-27)13-11-9-7-5-2/h25-32H,4-24H2,1-3H3. The lowest BCUT2D eigenvalue weighted by Gasteiger charge is -2.44. The Kier molecular flexibility index (Phi) is 13.6. The first-order chi connectivity index (χ1) is 17.8. The van der Waals surface area contributed by atoms with Crippen molar-refractivity contribution in [1.29, 1.82) is 0 Å². The molecule has 218 valence electrons. The highest BCUT2D eigenvalue weighted by atomic mass is 19.4. The molecule has 4 atom stereocenters. The fourth-order valence-electron chi connectivity index (χ4n) is 8.23. The zero-order valence-electron chi connectivity index (χ0n) is 24.5. The van der Waals surface area contributed by atoms with Crippen LogP contribution in [0.5, 0.6) is 0 Å². The van der Waals surface area contributed by atoms with Crippen LogP contribution < -0.4 is 0 Å². The van der Waals surface area contributed by atoms with Gasteiger partial charge in [-0.15, -0.1) is 0 Å². The number of hydrogen-bond acceptors (Lipinski definition) is 1. The van der Waals surface area contributed by atoms with Crippen molar-refractivity contribution in [3.8, 4) is 0 Å². The highest BCUT2D eigenvalue weighted by molar-refractivity contribution is 4.91. The van der Waals surface area contributed by atoms with Crippen LogP contribution >= 0.6 is 0 Å². The van der Waals surface area contributed by atoms with Gasteiger partial charge in [0.25, 0.3) is 0 Å². The van der Waals surface area contributed by atoms with Crippen LogP contribution in [0.15, 0.2) is 0 Å². The van der Waals surface area contributed by atoms with E-state index in [1.165, 1.54) is 83.5 Å². The highest BCUT2D eigenvalue weighted by Gasteiger charge is 2.50. The summed E-state index contributed by atoms with van der Waals surface area (Å²) < 4.78 is 48.4. The van der Waals surface area contributed by atoms with Gasteiger partial charge in [0.2, 0.25) is 0 Å². The molecular weight excluding hydrogens is 469 g/mol. The van der Waals surface area contributed by atoms with Crippen molar-refractivity contribution >= 4 is 0 Å². The van der Waals surface area contributed by atoms with Crippen LogP contribution in [-0.2, 0) is 4.74 Å². The van der Waals surface area contributed by atoms with Gasteiger partial charge < -0.3 is 4.74 Å². The predicted molar refractivity (Wildman–Crippen MR) is 150 cm³/mol. The number of rotatable bonds is 14. The van der Waals surface area contributed by atoms with Gasteiger partial charge in [0.1, 0.15) is 0 Å². The third-order valence-electron chi connectivity index (χ3n) is 10.6.